The van der Waals surface area contributed by atoms with Crippen molar-refractivity contribution in [1.82, 2.24) is 10.3 Å². The molecule has 142 valence electrons. The van der Waals surface area contributed by atoms with Crippen LogP contribution in [0.2, 0.25) is 0 Å². The summed E-state index contributed by atoms with van der Waals surface area (Å²) in [5.74, 6) is -0.284. The van der Waals surface area contributed by atoms with E-state index < -0.39 is 0 Å². The lowest BCUT2D eigenvalue weighted by Crippen LogP contribution is -2.32. The molecule has 1 amide bonds. The Hall–Kier alpha value is -3.35. The van der Waals surface area contributed by atoms with E-state index >= 15 is 0 Å². The summed E-state index contributed by atoms with van der Waals surface area (Å²) >= 11 is 6.91. The van der Waals surface area contributed by atoms with Crippen LogP contribution in [0, 0.1) is 0 Å². The van der Waals surface area contributed by atoms with Crippen LogP contribution in [0.3, 0.4) is 0 Å². The van der Waals surface area contributed by atoms with Gasteiger partial charge in [0.05, 0.1) is 10.2 Å². The van der Waals surface area contributed by atoms with E-state index in [1.165, 1.54) is 6.08 Å². The Morgan fingerprint density at radius 1 is 0.966 bits per heavy atom. The van der Waals surface area contributed by atoms with Gasteiger partial charge in [0.15, 0.2) is 5.11 Å². The lowest BCUT2D eigenvalue weighted by Gasteiger charge is -2.09. The van der Waals surface area contributed by atoms with Crippen molar-refractivity contribution in [3.63, 3.8) is 0 Å². The topological polar surface area (TPSA) is 54.0 Å². The Labute approximate surface area is 177 Å². The Balaban J connectivity index is 1.41. The first-order chi connectivity index (χ1) is 14.2. The summed E-state index contributed by atoms with van der Waals surface area (Å²) in [6.07, 6.45) is 3.20. The van der Waals surface area contributed by atoms with Gasteiger partial charge >= 0.3 is 0 Å². The normalized spacial score (nSPS) is 10.9. The molecule has 0 radical (unpaired) electrons. The first kappa shape index (κ1) is 19.0. The molecular formula is C23H17N3OS2. The van der Waals surface area contributed by atoms with Gasteiger partial charge in [0.2, 0.25) is 5.91 Å². The fourth-order valence-corrected chi connectivity index (χ4v) is 3.96. The van der Waals surface area contributed by atoms with Crippen LogP contribution in [0.4, 0.5) is 5.69 Å². The van der Waals surface area contributed by atoms with Crippen molar-refractivity contribution in [2.24, 2.45) is 0 Å². The number of aromatic nitrogens is 1. The van der Waals surface area contributed by atoms with Gasteiger partial charge in [-0.25, -0.2) is 4.98 Å². The third-order valence-electron chi connectivity index (χ3n) is 4.12. The summed E-state index contributed by atoms with van der Waals surface area (Å²) < 4.78 is 1.15. The Kier molecular flexibility index (Phi) is 5.74. The SMILES string of the molecule is O=C(/C=C/c1ccccc1)NC(=S)Nc1cccc(-c2nc3ccccc3s2)c1. The Morgan fingerprint density at radius 3 is 2.59 bits per heavy atom. The molecule has 0 aliphatic heterocycles. The van der Waals surface area contributed by atoms with Crippen molar-refractivity contribution in [3.05, 3.63) is 90.5 Å². The van der Waals surface area contributed by atoms with Crippen LogP contribution >= 0.6 is 23.6 Å². The zero-order valence-corrected chi connectivity index (χ0v) is 17.0. The number of hydrogen-bond donors (Lipinski definition) is 2. The van der Waals surface area contributed by atoms with E-state index in [9.17, 15) is 4.79 Å². The summed E-state index contributed by atoms with van der Waals surface area (Å²) in [4.78, 5) is 16.8. The average Bonchev–Trinajstić information content (AvgIpc) is 3.17. The third kappa shape index (κ3) is 4.93. The Bertz CT molecular complexity index is 1170. The second-order valence-corrected chi connectivity index (χ2v) is 7.69. The predicted octanol–water partition coefficient (Wildman–Crippen LogP) is 5.49. The van der Waals surface area contributed by atoms with Crippen molar-refractivity contribution in [2.75, 3.05) is 5.32 Å². The first-order valence-corrected chi connectivity index (χ1v) is 10.2. The number of hydrogen-bond acceptors (Lipinski definition) is 4. The molecule has 4 nitrogen and oxygen atoms in total. The van der Waals surface area contributed by atoms with Gasteiger partial charge in [0, 0.05) is 17.3 Å². The molecule has 6 heteroatoms. The number of carbonyl (C=O) groups is 1. The number of fused-ring (bicyclic) bond motifs is 1. The molecule has 0 atom stereocenters. The summed E-state index contributed by atoms with van der Waals surface area (Å²) in [6.45, 7) is 0. The molecule has 0 saturated heterocycles. The number of benzene rings is 3. The standard InChI is InChI=1S/C23H17N3OS2/c27-21(14-13-16-7-2-1-3-8-16)26-23(28)24-18-10-6-9-17(15-18)22-25-19-11-4-5-12-20(19)29-22/h1-15H,(H2,24,26,27,28)/b14-13+. The van der Waals surface area contributed by atoms with E-state index in [1.807, 2.05) is 72.8 Å². The molecule has 29 heavy (non-hydrogen) atoms. The van der Waals surface area contributed by atoms with Crippen molar-refractivity contribution < 1.29 is 4.79 Å². The van der Waals surface area contributed by atoms with Gasteiger partial charge in [-0.3, -0.25) is 10.1 Å². The molecule has 4 aromatic rings. The van der Waals surface area contributed by atoms with Crippen molar-refractivity contribution in [2.45, 2.75) is 0 Å². The van der Waals surface area contributed by atoms with Crippen molar-refractivity contribution in [3.8, 4) is 10.6 Å². The maximum absolute atomic E-state index is 12.1. The van der Waals surface area contributed by atoms with Crippen LogP contribution in [0.1, 0.15) is 5.56 Å². The van der Waals surface area contributed by atoms with E-state index in [0.717, 1.165) is 32.0 Å². The minimum atomic E-state index is -0.284. The van der Waals surface area contributed by atoms with E-state index in [2.05, 4.69) is 21.7 Å². The molecule has 0 bridgehead atoms. The van der Waals surface area contributed by atoms with E-state index in [0.29, 0.717) is 0 Å². The molecule has 2 N–H and O–H groups in total. The molecule has 3 aromatic carbocycles. The zero-order chi connectivity index (χ0) is 20.1. The van der Waals surface area contributed by atoms with Crippen LogP contribution in [0.5, 0.6) is 0 Å². The second-order valence-electron chi connectivity index (χ2n) is 6.25. The summed E-state index contributed by atoms with van der Waals surface area (Å²) in [7, 11) is 0. The van der Waals surface area contributed by atoms with Crippen LogP contribution in [0.25, 0.3) is 26.9 Å². The van der Waals surface area contributed by atoms with E-state index in [-0.39, 0.29) is 11.0 Å². The molecule has 1 aromatic heterocycles. The molecular weight excluding hydrogens is 398 g/mol. The molecule has 1 heterocycles. The van der Waals surface area contributed by atoms with Gasteiger partial charge in [-0.2, -0.15) is 0 Å². The monoisotopic (exact) mass is 415 g/mol. The Morgan fingerprint density at radius 2 is 1.76 bits per heavy atom. The van der Waals surface area contributed by atoms with Crippen LogP contribution in [-0.4, -0.2) is 16.0 Å². The molecule has 4 rings (SSSR count). The van der Waals surface area contributed by atoms with Gasteiger partial charge in [0.1, 0.15) is 5.01 Å². The number of carbonyl (C=O) groups excluding carboxylic acids is 1. The summed E-state index contributed by atoms with van der Waals surface area (Å²) in [5.41, 5.74) is 3.72. The number of anilines is 1. The van der Waals surface area contributed by atoms with E-state index in [4.69, 9.17) is 12.2 Å². The number of thiazole rings is 1. The third-order valence-corrected chi connectivity index (χ3v) is 5.41. The number of rotatable bonds is 4. The lowest BCUT2D eigenvalue weighted by molar-refractivity contribution is -0.115. The predicted molar refractivity (Wildman–Crippen MR) is 125 cm³/mol. The highest BCUT2D eigenvalue weighted by Crippen LogP contribution is 2.31. The van der Waals surface area contributed by atoms with Crippen molar-refractivity contribution >= 4 is 56.6 Å². The molecule has 0 fully saturated rings. The van der Waals surface area contributed by atoms with Crippen molar-refractivity contribution in [1.29, 1.82) is 0 Å². The fraction of sp³-hybridized carbons (Fsp3) is 0. The molecule has 0 spiro atoms. The van der Waals surface area contributed by atoms with Crippen LogP contribution in [0.15, 0.2) is 84.9 Å². The highest BCUT2D eigenvalue weighted by Gasteiger charge is 2.07. The molecule has 0 unspecified atom stereocenters. The summed E-state index contributed by atoms with van der Waals surface area (Å²) in [6, 6.07) is 25.5. The minimum absolute atomic E-state index is 0.245. The summed E-state index contributed by atoms with van der Waals surface area (Å²) in [5, 5.41) is 6.90. The maximum Gasteiger partial charge on any atom is 0.250 e. The molecule has 0 aliphatic rings. The number of nitrogens with one attached hydrogen (secondary N) is 2. The van der Waals surface area contributed by atoms with Gasteiger partial charge in [0.25, 0.3) is 0 Å². The smallest absolute Gasteiger partial charge is 0.250 e. The number of amides is 1. The zero-order valence-electron chi connectivity index (χ0n) is 15.3. The second kappa shape index (κ2) is 8.77. The highest BCUT2D eigenvalue weighted by atomic mass is 32.1. The average molecular weight is 416 g/mol. The minimum Gasteiger partial charge on any atom is -0.332 e. The number of para-hydroxylation sites is 1. The largest absolute Gasteiger partial charge is 0.332 e. The van der Waals surface area contributed by atoms with E-state index in [1.54, 1.807) is 17.4 Å². The highest BCUT2D eigenvalue weighted by molar-refractivity contribution is 7.80. The molecule has 0 aliphatic carbocycles. The van der Waals surface area contributed by atoms with Gasteiger partial charge in [-0.05, 0) is 48.1 Å². The fourth-order valence-electron chi connectivity index (χ4n) is 2.78. The lowest BCUT2D eigenvalue weighted by atomic mass is 10.2. The number of thiocarbonyl (C=S) groups is 1. The van der Waals surface area contributed by atoms with Gasteiger partial charge < -0.3 is 5.32 Å². The quantitative estimate of drug-likeness (QED) is 0.342. The molecule has 0 saturated carbocycles. The van der Waals surface area contributed by atoms with Crippen LogP contribution < -0.4 is 10.6 Å². The van der Waals surface area contributed by atoms with Gasteiger partial charge in [-0.15, -0.1) is 11.3 Å². The number of nitrogens with zero attached hydrogens (tertiary/aromatic N) is 1. The first-order valence-electron chi connectivity index (χ1n) is 8.98. The van der Waals surface area contributed by atoms with Gasteiger partial charge in [-0.1, -0.05) is 54.6 Å². The van der Waals surface area contributed by atoms with Crippen LogP contribution in [-0.2, 0) is 4.79 Å². The maximum atomic E-state index is 12.1.